The first-order chi connectivity index (χ1) is 8.99. The van der Waals surface area contributed by atoms with Crippen LogP contribution in [-0.2, 0) is 11.2 Å². The molecular weight excluding hydrogens is 252 g/mol. The summed E-state index contributed by atoms with van der Waals surface area (Å²) >= 11 is 0. The molecule has 0 aliphatic heterocycles. The van der Waals surface area contributed by atoms with E-state index in [1.165, 1.54) is 11.3 Å². The van der Waals surface area contributed by atoms with Crippen molar-refractivity contribution in [1.29, 1.82) is 0 Å². The summed E-state index contributed by atoms with van der Waals surface area (Å²) in [6.45, 7) is 4.24. The summed E-state index contributed by atoms with van der Waals surface area (Å²) in [6, 6.07) is -0.403. The van der Waals surface area contributed by atoms with Crippen molar-refractivity contribution in [3.05, 3.63) is 12.2 Å². The van der Waals surface area contributed by atoms with Crippen molar-refractivity contribution in [2.75, 3.05) is 19.6 Å². The molecule has 1 rings (SSSR count). The maximum atomic E-state index is 11.8. The fraction of sp³-hybridized carbons (Fsp3) is 0.636. The number of hydrogen-bond donors (Lipinski definition) is 2. The van der Waals surface area contributed by atoms with Gasteiger partial charge in [-0.1, -0.05) is 19.0 Å². The van der Waals surface area contributed by atoms with E-state index in [0.29, 0.717) is 25.3 Å². The van der Waals surface area contributed by atoms with Gasteiger partial charge in [-0.25, -0.2) is 4.79 Å². The van der Waals surface area contributed by atoms with Crippen LogP contribution in [-0.4, -0.2) is 51.8 Å². The summed E-state index contributed by atoms with van der Waals surface area (Å²) in [5, 5.41) is 15.0. The van der Waals surface area contributed by atoms with Crippen molar-refractivity contribution in [1.82, 2.24) is 20.4 Å². The van der Waals surface area contributed by atoms with Crippen LogP contribution >= 0.6 is 0 Å². The fourth-order valence-corrected chi connectivity index (χ4v) is 1.52. The third-order valence-corrected chi connectivity index (χ3v) is 2.23. The molecule has 0 radical (unpaired) electrons. The van der Waals surface area contributed by atoms with E-state index in [1.54, 1.807) is 0 Å². The molecular formula is C11H18N4O4. The van der Waals surface area contributed by atoms with Gasteiger partial charge in [0.05, 0.1) is 0 Å². The second-order valence-corrected chi connectivity index (χ2v) is 4.50. The summed E-state index contributed by atoms with van der Waals surface area (Å²) < 4.78 is 4.56. The Hall–Kier alpha value is -2.12. The lowest BCUT2D eigenvalue weighted by molar-refractivity contribution is -0.137. The van der Waals surface area contributed by atoms with E-state index in [1.807, 2.05) is 13.8 Å². The van der Waals surface area contributed by atoms with Crippen LogP contribution in [0, 0.1) is 5.92 Å². The molecule has 0 saturated carbocycles. The number of carbonyl (C=O) groups excluding carboxylic acids is 1. The minimum atomic E-state index is -1.03. The van der Waals surface area contributed by atoms with E-state index in [0.717, 1.165) is 0 Å². The van der Waals surface area contributed by atoms with Gasteiger partial charge in [0, 0.05) is 19.5 Å². The Morgan fingerprint density at radius 1 is 1.53 bits per heavy atom. The molecule has 19 heavy (non-hydrogen) atoms. The SMILES string of the molecule is CC(C)CN(CC(=O)O)C(=O)NCCc1ncon1. The van der Waals surface area contributed by atoms with Crippen molar-refractivity contribution in [2.24, 2.45) is 5.92 Å². The van der Waals surface area contributed by atoms with Gasteiger partial charge in [-0.2, -0.15) is 4.98 Å². The highest BCUT2D eigenvalue weighted by Crippen LogP contribution is 1.99. The van der Waals surface area contributed by atoms with Crippen molar-refractivity contribution in [3.63, 3.8) is 0 Å². The Balaban J connectivity index is 2.40. The zero-order chi connectivity index (χ0) is 14.3. The highest BCUT2D eigenvalue weighted by atomic mass is 16.5. The summed E-state index contributed by atoms with van der Waals surface area (Å²) in [5.41, 5.74) is 0. The second-order valence-electron chi connectivity index (χ2n) is 4.50. The predicted molar refractivity (Wildman–Crippen MR) is 65.4 cm³/mol. The first-order valence-electron chi connectivity index (χ1n) is 5.99. The number of hydrogen-bond acceptors (Lipinski definition) is 5. The van der Waals surface area contributed by atoms with Gasteiger partial charge in [-0.05, 0) is 5.92 Å². The summed E-state index contributed by atoms with van der Waals surface area (Å²) in [7, 11) is 0. The average Bonchev–Trinajstić information content (AvgIpc) is 2.79. The highest BCUT2D eigenvalue weighted by molar-refractivity contribution is 5.80. The monoisotopic (exact) mass is 270 g/mol. The zero-order valence-electron chi connectivity index (χ0n) is 11.0. The number of nitrogens with zero attached hydrogens (tertiary/aromatic N) is 3. The van der Waals surface area contributed by atoms with E-state index in [4.69, 9.17) is 5.11 Å². The van der Waals surface area contributed by atoms with E-state index < -0.39 is 12.0 Å². The smallest absolute Gasteiger partial charge is 0.323 e. The van der Waals surface area contributed by atoms with E-state index in [2.05, 4.69) is 20.0 Å². The first kappa shape index (κ1) is 14.9. The summed E-state index contributed by atoms with van der Waals surface area (Å²) in [6.07, 6.45) is 1.65. The number of carbonyl (C=O) groups is 2. The Morgan fingerprint density at radius 3 is 2.79 bits per heavy atom. The first-order valence-corrected chi connectivity index (χ1v) is 5.99. The predicted octanol–water partition coefficient (Wildman–Crippen LogP) is 0.364. The molecule has 8 heteroatoms. The van der Waals surface area contributed by atoms with E-state index in [9.17, 15) is 9.59 Å². The lowest BCUT2D eigenvalue weighted by atomic mass is 10.2. The molecule has 106 valence electrons. The van der Waals surface area contributed by atoms with Gasteiger partial charge in [-0.15, -0.1) is 0 Å². The molecule has 0 bridgehead atoms. The van der Waals surface area contributed by atoms with Gasteiger partial charge in [-0.3, -0.25) is 4.79 Å². The number of carboxylic acids is 1. The number of aliphatic carboxylic acids is 1. The number of aromatic nitrogens is 2. The minimum absolute atomic E-state index is 0.197. The molecule has 1 aromatic rings. The second kappa shape index (κ2) is 7.34. The molecule has 0 aliphatic carbocycles. The zero-order valence-corrected chi connectivity index (χ0v) is 11.0. The Kier molecular flexibility index (Phi) is 5.77. The van der Waals surface area contributed by atoms with E-state index >= 15 is 0 Å². The van der Waals surface area contributed by atoms with Crippen LogP contribution < -0.4 is 5.32 Å². The van der Waals surface area contributed by atoms with Gasteiger partial charge in [0.25, 0.3) is 0 Å². The summed E-state index contributed by atoms with van der Waals surface area (Å²) in [4.78, 5) is 27.6. The van der Waals surface area contributed by atoms with Crippen LogP contribution in [0.2, 0.25) is 0 Å². The maximum Gasteiger partial charge on any atom is 0.323 e. The number of nitrogens with one attached hydrogen (secondary N) is 1. The normalized spacial score (nSPS) is 10.5. The lowest BCUT2D eigenvalue weighted by Crippen LogP contribution is -2.45. The van der Waals surface area contributed by atoms with Crippen LogP contribution in [0.4, 0.5) is 4.79 Å². The molecule has 8 nitrogen and oxygen atoms in total. The number of amides is 2. The minimum Gasteiger partial charge on any atom is -0.480 e. The molecule has 0 unspecified atom stereocenters. The van der Waals surface area contributed by atoms with Crippen LogP contribution in [0.3, 0.4) is 0 Å². The summed E-state index contributed by atoms with van der Waals surface area (Å²) in [5.74, 6) is -0.342. The number of carboxylic acid groups (broad SMARTS) is 1. The van der Waals surface area contributed by atoms with E-state index in [-0.39, 0.29) is 12.5 Å². The number of urea groups is 1. The highest BCUT2D eigenvalue weighted by Gasteiger charge is 2.17. The lowest BCUT2D eigenvalue weighted by Gasteiger charge is -2.22. The van der Waals surface area contributed by atoms with Crippen molar-refractivity contribution in [2.45, 2.75) is 20.3 Å². The molecule has 0 fully saturated rings. The Morgan fingerprint density at radius 2 is 2.26 bits per heavy atom. The molecule has 2 amide bonds. The van der Waals surface area contributed by atoms with Gasteiger partial charge in [0.15, 0.2) is 5.82 Å². The van der Waals surface area contributed by atoms with Gasteiger partial charge in [0.1, 0.15) is 6.54 Å². The van der Waals surface area contributed by atoms with Gasteiger partial charge >= 0.3 is 12.0 Å². The van der Waals surface area contributed by atoms with Crippen LogP contribution in [0.5, 0.6) is 0 Å². The topological polar surface area (TPSA) is 109 Å². The third kappa shape index (κ3) is 5.84. The van der Waals surface area contributed by atoms with Crippen LogP contribution in [0.1, 0.15) is 19.7 Å². The standard InChI is InChI=1S/C11H18N4O4/c1-8(2)5-15(6-10(16)17)11(18)12-4-3-9-13-7-19-14-9/h7-8H,3-6H2,1-2H3,(H,12,18)(H,16,17). The molecule has 0 saturated heterocycles. The molecule has 0 atom stereocenters. The van der Waals surface area contributed by atoms with Crippen LogP contribution in [0.25, 0.3) is 0 Å². The van der Waals surface area contributed by atoms with Gasteiger partial charge < -0.3 is 19.8 Å². The molecule has 0 spiro atoms. The fourth-order valence-electron chi connectivity index (χ4n) is 1.52. The number of rotatable bonds is 7. The van der Waals surface area contributed by atoms with Crippen LogP contribution in [0.15, 0.2) is 10.9 Å². The largest absolute Gasteiger partial charge is 0.480 e. The molecule has 0 aromatic carbocycles. The van der Waals surface area contributed by atoms with Crippen molar-refractivity contribution >= 4 is 12.0 Å². The third-order valence-electron chi connectivity index (χ3n) is 2.23. The average molecular weight is 270 g/mol. The molecule has 2 N–H and O–H groups in total. The quantitative estimate of drug-likeness (QED) is 0.740. The Bertz CT molecular complexity index is 405. The Labute approximate surface area is 110 Å². The molecule has 1 aromatic heterocycles. The maximum absolute atomic E-state index is 11.8. The van der Waals surface area contributed by atoms with Crippen molar-refractivity contribution < 1.29 is 19.2 Å². The van der Waals surface area contributed by atoms with Crippen molar-refractivity contribution in [3.8, 4) is 0 Å². The van der Waals surface area contributed by atoms with Gasteiger partial charge in [0.2, 0.25) is 6.39 Å². The molecule has 1 heterocycles. The molecule has 0 aliphatic rings.